The molecule has 1 nitrogen and oxygen atoms in total. The van der Waals surface area contributed by atoms with Gasteiger partial charge in [-0.05, 0) is 50.7 Å². The van der Waals surface area contributed by atoms with Gasteiger partial charge in [0.1, 0.15) is 0 Å². The Labute approximate surface area is 133 Å². The average molecular weight is 340 g/mol. The minimum Gasteiger partial charge on any atom is -0.311 e. The van der Waals surface area contributed by atoms with Crippen molar-refractivity contribution in [3.05, 3.63) is 34.3 Å². The molecular weight excluding hydrogens is 310 g/mol. The molecule has 1 N–H and O–H groups in total. The van der Waals surface area contributed by atoms with Gasteiger partial charge in [0.2, 0.25) is 0 Å². The molecule has 0 saturated heterocycles. The van der Waals surface area contributed by atoms with Crippen LogP contribution in [0.25, 0.3) is 0 Å². The van der Waals surface area contributed by atoms with Crippen LogP contribution in [0.5, 0.6) is 0 Å². The summed E-state index contributed by atoms with van der Waals surface area (Å²) in [6.45, 7) is 12.4. The smallest absolute Gasteiger partial charge is 0.0210 e. The molecule has 0 aliphatic heterocycles. The van der Waals surface area contributed by atoms with E-state index < -0.39 is 0 Å². The predicted octanol–water partition coefficient (Wildman–Crippen LogP) is 5.75. The van der Waals surface area contributed by atoms with Crippen molar-refractivity contribution < 1.29 is 0 Å². The summed E-state index contributed by atoms with van der Waals surface area (Å²) in [6.07, 6.45) is 3.84. The minimum atomic E-state index is 0.174. The van der Waals surface area contributed by atoms with E-state index in [4.69, 9.17) is 0 Å². The lowest BCUT2D eigenvalue weighted by atomic mass is 9.87. The van der Waals surface area contributed by atoms with Crippen molar-refractivity contribution in [2.75, 3.05) is 6.54 Å². The second-order valence-electron chi connectivity index (χ2n) is 6.98. The zero-order chi connectivity index (χ0) is 15.2. The van der Waals surface area contributed by atoms with E-state index in [1.165, 1.54) is 29.3 Å². The highest BCUT2D eigenvalue weighted by atomic mass is 79.9. The standard InChI is InChI=1S/C18H30BrN/c1-6-9-14(2)12-15(13-20-18(3,4)5)16-10-7-8-11-17(16)19/h7-8,10-11,14-15,20H,6,9,12-13H2,1-5H3. The molecule has 0 fully saturated rings. The first-order valence-electron chi connectivity index (χ1n) is 7.83. The molecule has 0 amide bonds. The molecule has 114 valence electrons. The largest absolute Gasteiger partial charge is 0.311 e. The monoisotopic (exact) mass is 339 g/mol. The van der Waals surface area contributed by atoms with Crippen molar-refractivity contribution in [1.82, 2.24) is 5.32 Å². The molecule has 1 aromatic carbocycles. The van der Waals surface area contributed by atoms with Crippen molar-refractivity contribution in [1.29, 1.82) is 0 Å². The first-order chi connectivity index (χ1) is 9.33. The van der Waals surface area contributed by atoms with E-state index in [9.17, 15) is 0 Å². The molecule has 0 aromatic heterocycles. The van der Waals surface area contributed by atoms with E-state index in [-0.39, 0.29) is 5.54 Å². The highest BCUT2D eigenvalue weighted by Gasteiger charge is 2.19. The van der Waals surface area contributed by atoms with Crippen molar-refractivity contribution in [3.8, 4) is 0 Å². The summed E-state index contributed by atoms with van der Waals surface area (Å²) in [5, 5.41) is 3.67. The molecule has 0 aliphatic rings. The van der Waals surface area contributed by atoms with Crippen molar-refractivity contribution in [2.24, 2.45) is 5.92 Å². The maximum absolute atomic E-state index is 3.72. The minimum absolute atomic E-state index is 0.174. The van der Waals surface area contributed by atoms with Gasteiger partial charge in [-0.1, -0.05) is 60.8 Å². The predicted molar refractivity (Wildman–Crippen MR) is 93.3 cm³/mol. The highest BCUT2D eigenvalue weighted by Crippen LogP contribution is 2.31. The van der Waals surface area contributed by atoms with Crippen LogP contribution in [0.3, 0.4) is 0 Å². The van der Waals surface area contributed by atoms with Crippen molar-refractivity contribution >= 4 is 15.9 Å². The number of benzene rings is 1. The second kappa shape index (κ2) is 8.19. The lowest BCUT2D eigenvalue weighted by Crippen LogP contribution is -2.39. The molecule has 0 saturated carbocycles. The fourth-order valence-corrected chi connectivity index (χ4v) is 3.26. The summed E-state index contributed by atoms with van der Waals surface area (Å²) in [7, 11) is 0. The van der Waals surface area contributed by atoms with E-state index in [1.54, 1.807) is 0 Å². The Morgan fingerprint density at radius 1 is 1.20 bits per heavy atom. The maximum Gasteiger partial charge on any atom is 0.0210 e. The van der Waals surface area contributed by atoms with Crippen LogP contribution in [0.4, 0.5) is 0 Å². The molecule has 2 unspecified atom stereocenters. The second-order valence-corrected chi connectivity index (χ2v) is 7.83. The number of rotatable bonds is 7. The summed E-state index contributed by atoms with van der Waals surface area (Å²) in [4.78, 5) is 0. The molecule has 0 radical (unpaired) electrons. The maximum atomic E-state index is 3.72. The van der Waals surface area contributed by atoms with E-state index in [0.29, 0.717) is 5.92 Å². The Morgan fingerprint density at radius 2 is 1.85 bits per heavy atom. The lowest BCUT2D eigenvalue weighted by molar-refractivity contribution is 0.366. The van der Waals surface area contributed by atoms with Gasteiger partial charge in [-0.25, -0.2) is 0 Å². The molecule has 0 heterocycles. The van der Waals surface area contributed by atoms with Crippen LogP contribution in [0, 0.1) is 5.92 Å². The Balaban J connectivity index is 2.81. The molecule has 2 atom stereocenters. The number of hydrogen-bond acceptors (Lipinski definition) is 1. The quantitative estimate of drug-likeness (QED) is 0.667. The van der Waals surface area contributed by atoms with Crippen LogP contribution in [-0.2, 0) is 0 Å². The summed E-state index contributed by atoms with van der Waals surface area (Å²) < 4.78 is 1.24. The normalized spacial score (nSPS) is 15.1. The third kappa shape index (κ3) is 6.41. The first-order valence-corrected chi connectivity index (χ1v) is 8.62. The Hall–Kier alpha value is -0.340. The summed E-state index contributed by atoms with van der Waals surface area (Å²) in [5.74, 6) is 1.35. The summed E-state index contributed by atoms with van der Waals surface area (Å²) in [6, 6.07) is 8.66. The van der Waals surface area contributed by atoms with Gasteiger partial charge in [0, 0.05) is 16.6 Å². The van der Waals surface area contributed by atoms with Gasteiger partial charge in [-0.15, -0.1) is 0 Å². The van der Waals surface area contributed by atoms with Gasteiger partial charge < -0.3 is 5.32 Å². The van der Waals surface area contributed by atoms with Gasteiger partial charge in [-0.3, -0.25) is 0 Å². The zero-order valence-corrected chi connectivity index (χ0v) is 15.3. The van der Waals surface area contributed by atoms with Gasteiger partial charge in [0.15, 0.2) is 0 Å². The highest BCUT2D eigenvalue weighted by molar-refractivity contribution is 9.10. The Morgan fingerprint density at radius 3 is 2.40 bits per heavy atom. The summed E-state index contributed by atoms with van der Waals surface area (Å²) >= 11 is 3.72. The fourth-order valence-electron chi connectivity index (χ4n) is 2.65. The first kappa shape index (κ1) is 17.7. The van der Waals surface area contributed by atoms with Crippen LogP contribution in [0.1, 0.15) is 65.4 Å². The number of halogens is 1. The zero-order valence-electron chi connectivity index (χ0n) is 13.7. The third-order valence-corrected chi connectivity index (χ3v) is 4.41. The van der Waals surface area contributed by atoms with Crippen molar-refractivity contribution in [3.63, 3.8) is 0 Å². The van der Waals surface area contributed by atoms with E-state index in [1.807, 2.05) is 0 Å². The topological polar surface area (TPSA) is 12.0 Å². The van der Waals surface area contributed by atoms with Crippen LogP contribution in [-0.4, -0.2) is 12.1 Å². The fraction of sp³-hybridized carbons (Fsp3) is 0.667. The van der Waals surface area contributed by atoms with E-state index >= 15 is 0 Å². The summed E-state index contributed by atoms with van der Waals surface area (Å²) in [5.41, 5.74) is 1.61. The molecular formula is C18H30BrN. The van der Waals surface area contributed by atoms with Crippen LogP contribution >= 0.6 is 15.9 Å². The van der Waals surface area contributed by atoms with Gasteiger partial charge in [0.25, 0.3) is 0 Å². The van der Waals surface area contributed by atoms with Crippen LogP contribution in [0.15, 0.2) is 28.7 Å². The molecule has 1 aromatic rings. The molecule has 2 heteroatoms. The van der Waals surface area contributed by atoms with E-state index in [0.717, 1.165) is 12.5 Å². The SMILES string of the molecule is CCCC(C)CC(CNC(C)(C)C)c1ccccc1Br. The molecule has 20 heavy (non-hydrogen) atoms. The van der Waals surface area contributed by atoms with E-state index in [2.05, 4.69) is 80.1 Å². The third-order valence-electron chi connectivity index (χ3n) is 3.69. The van der Waals surface area contributed by atoms with Gasteiger partial charge in [-0.2, -0.15) is 0 Å². The van der Waals surface area contributed by atoms with Crippen molar-refractivity contribution in [2.45, 2.75) is 65.3 Å². The average Bonchev–Trinajstić information content (AvgIpc) is 2.34. The molecule has 0 bridgehead atoms. The molecule has 0 spiro atoms. The van der Waals surface area contributed by atoms with Gasteiger partial charge in [0.05, 0.1) is 0 Å². The van der Waals surface area contributed by atoms with Crippen LogP contribution < -0.4 is 5.32 Å². The number of hydrogen-bond donors (Lipinski definition) is 1. The Kier molecular flexibility index (Phi) is 7.25. The molecule has 0 aliphatic carbocycles. The lowest BCUT2D eigenvalue weighted by Gasteiger charge is -2.28. The van der Waals surface area contributed by atoms with Gasteiger partial charge >= 0.3 is 0 Å². The number of nitrogens with one attached hydrogen (secondary N) is 1. The Bertz CT molecular complexity index is 395. The molecule has 1 rings (SSSR count). The van der Waals surface area contributed by atoms with Crippen LogP contribution in [0.2, 0.25) is 0 Å².